The highest BCUT2D eigenvalue weighted by Crippen LogP contribution is 2.26. The number of benzene rings is 1. The number of thiazole rings is 1. The molecule has 1 aliphatic heterocycles. The number of carbonyl (C=O) groups is 1. The van der Waals surface area contributed by atoms with E-state index in [9.17, 15) is 9.59 Å². The van der Waals surface area contributed by atoms with Gasteiger partial charge in [-0.1, -0.05) is 30.3 Å². The Labute approximate surface area is 179 Å². The molecule has 0 unspecified atom stereocenters. The van der Waals surface area contributed by atoms with Crippen molar-refractivity contribution in [2.75, 3.05) is 13.1 Å². The largest absolute Gasteiger partial charge is 0.337 e. The number of rotatable bonds is 4. The number of fused-ring (bicyclic) bond motifs is 1. The Bertz CT molecular complexity index is 1110. The number of piperidine rings is 1. The van der Waals surface area contributed by atoms with Gasteiger partial charge in [-0.15, -0.1) is 11.3 Å². The summed E-state index contributed by atoms with van der Waals surface area (Å²) < 4.78 is 1.64. The highest BCUT2D eigenvalue weighted by molar-refractivity contribution is 7.13. The topological polar surface area (TPSA) is 68.1 Å². The molecule has 0 bridgehead atoms. The maximum absolute atomic E-state index is 12.9. The molecule has 30 heavy (non-hydrogen) atoms. The van der Waals surface area contributed by atoms with Gasteiger partial charge in [-0.3, -0.25) is 9.59 Å². The van der Waals surface area contributed by atoms with Gasteiger partial charge in [0, 0.05) is 36.6 Å². The van der Waals surface area contributed by atoms with Crippen molar-refractivity contribution in [2.24, 2.45) is 5.92 Å². The van der Waals surface area contributed by atoms with Crippen molar-refractivity contribution in [3.63, 3.8) is 0 Å². The maximum atomic E-state index is 12.9. The molecule has 0 radical (unpaired) electrons. The predicted molar refractivity (Wildman–Crippen MR) is 117 cm³/mol. The van der Waals surface area contributed by atoms with Gasteiger partial charge in [-0.2, -0.15) is 5.10 Å². The Morgan fingerprint density at radius 3 is 2.73 bits per heavy atom. The van der Waals surface area contributed by atoms with Gasteiger partial charge in [0.2, 0.25) is 0 Å². The minimum Gasteiger partial charge on any atom is -0.337 e. The van der Waals surface area contributed by atoms with Crippen LogP contribution in [0.3, 0.4) is 0 Å². The molecule has 1 fully saturated rings. The lowest BCUT2D eigenvalue weighted by Gasteiger charge is -2.31. The molecule has 6 nitrogen and oxygen atoms in total. The van der Waals surface area contributed by atoms with Crippen molar-refractivity contribution in [1.82, 2.24) is 19.7 Å². The Hall–Kier alpha value is -2.80. The summed E-state index contributed by atoms with van der Waals surface area (Å²) in [7, 11) is 0. The Morgan fingerprint density at radius 1 is 1.13 bits per heavy atom. The van der Waals surface area contributed by atoms with Gasteiger partial charge in [-0.05, 0) is 43.6 Å². The second-order valence-corrected chi connectivity index (χ2v) is 8.99. The van der Waals surface area contributed by atoms with Gasteiger partial charge in [-0.25, -0.2) is 9.67 Å². The molecule has 3 heterocycles. The van der Waals surface area contributed by atoms with Crippen molar-refractivity contribution in [1.29, 1.82) is 0 Å². The second kappa shape index (κ2) is 8.14. The normalized spacial score (nSPS) is 16.6. The molecule has 1 amide bonds. The summed E-state index contributed by atoms with van der Waals surface area (Å²) in [6, 6.07) is 11.7. The first-order chi connectivity index (χ1) is 14.7. The van der Waals surface area contributed by atoms with Crippen LogP contribution < -0.4 is 5.56 Å². The lowest BCUT2D eigenvalue weighted by molar-refractivity contribution is 0.0675. The summed E-state index contributed by atoms with van der Waals surface area (Å²) >= 11 is 1.50. The first-order valence-corrected chi connectivity index (χ1v) is 11.5. The summed E-state index contributed by atoms with van der Waals surface area (Å²) in [6.07, 6.45) is 4.80. The monoisotopic (exact) mass is 420 g/mol. The van der Waals surface area contributed by atoms with Crippen molar-refractivity contribution >= 4 is 17.2 Å². The third kappa shape index (κ3) is 3.81. The van der Waals surface area contributed by atoms with Crippen molar-refractivity contribution in [3.8, 4) is 10.6 Å². The van der Waals surface area contributed by atoms with E-state index in [0.29, 0.717) is 31.2 Å². The van der Waals surface area contributed by atoms with Crippen molar-refractivity contribution in [2.45, 2.75) is 38.6 Å². The average Bonchev–Trinajstić information content (AvgIpc) is 3.44. The zero-order chi connectivity index (χ0) is 20.5. The first kappa shape index (κ1) is 19.2. The third-order valence-electron chi connectivity index (χ3n) is 6.10. The van der Waals surface area contributed by atoms with Crippen LogP contribution in [0.1, 0.15) is 41.0 Å². The minimum absolute atomic E-state index is 0.000274. The predicted octanol–water partition coefficient (Wildman–Crippen LogP) is 3.41. The Balaban J connectivity index is 1.21. The zero-order valence-electron chi connectivity index (χ0n) is 16.8. The van der Waals surface area contributed by atoms with Gasteiger partial charge >= 0.3 is 0 Å². The van der Waals surface area contributed by atoms with Crippen molar-refractivity contribution in [3.05, 3.63) is 69.1 Å². The molecule has 1 aromatic carbocycles. The van der Waals surface area contributed by atoms with Crippen LogP contribution in [0.5, 0.6) is 0 Å². The van der Waals surface area contributed by atoms with E-state index in [-0.39, 0.29) is 11.5 Å². The molecular formula is C23H24N4O2S. The number of aryl methyl sites for hydroxylation is 2. The molecule has 2 aliphatic rings. The molecule has 7 heteroatoms. The Kier molecular flexibility index (Phi) is 5.21. The third-order valence-corrected chi connectivity index (χ3v) is 6.99. The number of likely N-dealkylation sites (tertiary alicyclic amines) is 1. The van der Waals surface area contributed by atoms with Gasteiger partial charge in [0.05, 0.1) is 5.69 Å². The van der Waals surface area contributed by atoms with E-state index < -0.39 is 0 Å². The molecule has 0 atom stereocenters. The molecule has 1 saturated heterocycles. The summed E-state index contributed by atoms with van der Waals surface area (Å²) in [4.78, 5) is 31.7. The smallest absolute Gasteiger partial charge is 0.273 e. The molecule has 154 valence electrons. The van der Waals surface area contributed by atoms with E-state index in [1.165, 1.54) is 11.3 Å². The number of nitrogens with zero attached hydrogens (tertiary/aromatic N) is 4. The first-order valence-electron chi connectivity index (χ1n) is 10.6. The molecule has 0 spiro atoms. The van der Waals surface area contributed by atoms with Gasteiger partial charge in [0.1, 0.15) is 10.7 Å². The number of amides is 1. The standard InChI is InChI=1S/C23H24N4O2S/c28-21-13-18-7-4-8-19(18)25-27(21)14-16-9-11-26(12-10-16)23(29)20-15-30-22(24-20)17-5-2-1-3-6-17/h1-3,5-6,13,15-16H,4,7-12,14H2. The van der Waals surface area contributed by atoms with Crippen LogP contribution in [-0.2, 0) is 19.4 Å². The van der Waals surface area contributed by atoms with E-state index >= 15 is 0 Å². The fraction of sp³-hybridized carbons (Fsp3) is 0.391. The highest BCUT2D eigenvalue weighted by Gasteiger charge is 2.26. The summed E-state index contributed by atoms with van der Waals surface area (Å²) in [5, 5.41) is 7.32. The number of hydrogen-bond donors (Lipinski definition) is 0. The molecule has 2 aromatic heterocycles. The molecule has 5 rings (SSSR count). The Morgan fingerprint density at radius 2 is 1.93 bits per heavy atom. The van der Waals surface area contributed by atoms with E-state index in [0.717, 1.165) is 53.9 Å². The van der Waals surface area contributed by atoms with Crippen LogP contribution in [0.15, 0.2) is 46.6 Å². The van der Waals surface area contributed by atoms with E-state index in [1.807, 2.05) is 40.6 Å². The van der Waals surface area contributed by atoms with Crippen molar-refractivity contribution < 1.29 is 4.79 Å². The molecular weight excluding hydrogens is 396 g/mol. The van der Waals surface area contributed by atoms with E-state index in [4.69, 9.17) is 0 Å². The quantitative estimate of drug-likeness (QED) is 0.649. The maximum Gasteiger partial charge on any atom is 0.273 e. The van der Waals surface area contributed by atoms with E-state index in [2.05, 4.69) is 10.1 Å². The van der Waals surface area contributed by atoms with Crippen LogP contribution in [0.25, 0.3) is 10.6 Å². The number of hydrogen-bond acceptors (Lipinski definition) is 5. The van der Waals surface area contributed by atoms with Crippen LogP contribution in [-0.4, -0.2) is 38.7 Å². The molecule has 0 N–H and O–H groups in total. The average molecular weight is 421 g/mol. The zero-order valence-corrected chi connectivity index (χ0v) is 17.6. The summed E-state index contributed by atoms with van der Waals surface area (Å²) in [6.45, 7) is 2.03. The van der Waals surface area contributed by atoms with Crippen LogP contribution >= 0.6 is 11.3 Å². The molecule has 1 aliphatic carbocycles. The minimum atomic E-state index is -0.000274. The van der Waals surface area contributed by atoms with Gasteiger partial charge in [0.25, 0.3) is 11.5 Å². The number of carbonyl (C=O) groups excluding carboxylic acids is 1. The van der Waals surface area contributed by atoms with Crippen LogP contribution in [0.2, 0.25) is 0 Å². The van der Waals surface area contributed by atoms with Crippen LogP contribution in [0.4, 0.5) is 0 Å². The fourth-order valence-corrected chi connectivity index (χ4v) is 5.18. The highest BCUT2D eigenvalue weighted by atomic mass is 32.1. The lowest BCUT2D eigenvalue weighted by Crippen LogP contribution is -2.40. The lowest BCUT2D eigenvalue weighted by atomic mass is 9.96. The fourth-order valence-electron chi connectivity index (χ4n) is 4.38. The van der Waals surface area contributed by atoms with E-state index in [1.54, 1.807) is 10.7 Å². The second-order valence-electron chi connectivity index (χ2n) is 8.13. The summed E-state index contributed by atoms with van der Waals surface area (Å²) in [5.41, 5.74) is 3.76. The van der Waals surface area contributed by atoms with Gasteiger partial charge in [0.15, 0.2) is 0 Å². The summed E-state index contributed by atoms with van der Waals surface area (Å²) in [5.74, 6) is 0.369. The van der Waals surface area contributed by atoms with Crippen LogP contribution in [0, 0.1) is 5.92 Å². The van der Waals surface area contributed by atoms with Gasteiger partial charge < -0.3 is 4.90 Å². The molecule has 0 saturated carbocycles. The SMILES string of the molecule is O=C(c1csc(-c2ccccc2)n1)N1CCC(Cn2nc3c(cc2=O)CCC3)CC1. The number of aromatic nitrogens is 3. The molecule has 3 aromatic rings.